The van der Waals surface area contributed by atoms with E-state index < -0.39 is 11.5 Å². The molecule has 0 aliphatic carbocycles. The molecule has 0 aromatic heterocycles. The first-order chi connectivity index (χ1) is 8.86. The van der Waals surface area contributed by atoms with E-state index in [0.717, 1.165) is 0 Å². The summed E-state index contributed by atoms with van der Waals surface area (Å²) in [6, 6.07) is 7.24. The quantitative estimate of drug-likeness (QED) is 0.886. The Morgan fingerprint density at radius 3 is 2.58 bits per heavy atom. The molecule has 0 spiro atoms. The summed E-state index contributed by atoms with van der Waals surface area (Å²) in [5, 5.41) is 10.9. The number of carbonyl (C=O) groups is 1. The van der Waals surface area contributed by atoms with E-state index in [9.17, 15) is 9.90 Å². The monoisotopic (exact) mass is 265 g/mol. The molecule has 2 unspecified atom stereocenters. The molecule has 1 rings (SSSR count). The van der Waals surface area contributed by atoms with E-state index in [4.69, 9.17) is 4.74 Å². The minimum absolute atomic E-state index is 0.0906. The van der Waals surface area contributed by atoms with Gasteiger partial charge in [0.15, 0.2) is 0 Å². The number of hydrogen-bond donors (Lipinski definition) is 1. The van der Waals surface area contributed by atoms with Gasteiger partial charge in [0.25, 0.3) is 0 Å². The van der Waals surface area contributed by atoms with Gasteiger partial charge in [-0.1, -0.05) is 26.0 Å². The lowest BCUT2D eigenvalue weighted by molar-refractivity contribution is -0.143. The summed E-state index contributed by atoms with van der Waals surface area (Å²) >= 11 is 0. The molecular formula is C15H23NO3. The molecule has 0 radical (unpaired) electrons. The van der Waals surface area contributed by atoms with Gasteiger partial charge in [0.05, 0.1) is 13.0 Å². The molecule has 1 N–H and O–H groups in total. The average Bonchev–Trinajstić information content (AvgIpc) is 2.44. The highest BCUT2D eigenvalue weighted by Gasteiger charge is 2.39. The number of aliphatic hydroxyl groups is 1. The van der Waals surface area contributed by atoms with Gasteiger partial charge >= 0.3 is 0 Å². The normalized spacial score (nSPS) is 15.5. The van der Waals surface area contributed by atoms with E-state index in [-0.39, 0.29) is 5.91 Å². The molecule has 2 atom stereocenters. The Balaban J connectivity index is 3.18. The number of ether oxygens (including phenoxy) is 1. The molecule has 0 aliphatic rings. The Morgan fingerprint density at radius 2 is 2.11 bits per heavy atom. The van der Waals surface area contributed by atoms with Crippen molar-refractivity contribution in [2.75, 3.05) is 21.2 Å². The van der Waals surface area contributed by atoms with Crippen LogP contribution >= 0.6 is 0 Å². The first-order valence-electron chi connectivity index (χ1n) is 6.44. The number of amides is 1. The first-order valence-corrected chi connectivity index (χ1v) is 6.44. The second-order valence-electron chi connectivity index (χ2n) is 4.96. The molecule has 0 saturated heterocycles. The Bertz CT molecular complexity index is 445. The Morgan fingerprint density at radius 1 is 1.47 bits per heavy atom. The molecule has 0 heterocycles. The van der Waals surface area contributed by atoms with E-state index in [1.54, 1.807) is 34.2 Å². The van der Waals surface area contributed by atoms with Gasteiger partial charge < -0.3 is 14.7 Å². The predicted molar refractivity (Wildman–Crippen MR) is 75.0 cm³/mol. The number of hydrogen-bond acceptors (Lipinski definition) is 3. The van der Waals surface area contributed by atoms with Crippen molar-refractivity contribution in [3.05, 3.63) is 29.8 Å². The van der Waals surface area contributed by atoms with Gasteiger partial charge in [-0.3, -0.25) is 4.79 Å². The molecular weight excluding hydrogens is 242 g/mol. The van der Waals surface area contributed by atoms with Gasteiger partial charge in [0.2, 0.25) is 5.91 Å². The number of methoxy groups -OCH3 is 1. The van der Waals surface area contributed by atoms with Gasteiger partial charge in [-0.05, 0) is 24.1 Å². The SMILES string of the molecule is CCC(O)(c1cccc(OC)c1)C(C)C(=O)N(C)C. The third-order valence-electron chi connectivity index (χ3n) is 3.64. The van der Waals surface area contributed by atoms with Gasteiger partial charge in [-0.2, -0.15) is 0 Å². The van der Waals surface area contributed by atoms with Crippen molar-refractivity contribution in [2.45, 2.75) is 25.9 Å². The highest BCUT2D eigenvalue weighted by Crippen LogP contribution is 2.35. The maximum Gasteiger partial charge on any atom is 0.228 e. The van der Waals surface area contributed by atoms with E-state index >= 15 is 0 Å². The maximum atomic E-state index is 12.1. The van der Waals surface area contributed by atoms with E-state index in [1.165, 1.54) is 4.90 Å². The zero-order valence-corrected chi connectivity index (χ0v) is 12.3. The fraction of sp³-hybridized carbons (Fsp3) is 0.533. The van der Waals surface area contributed by atoms with Gasteiger partial charge in [0.1, 0.15) is 11.4 Å². The second-order valence-corrected chi connectivity index (χ2v) is 4.96. The third-order valence-corrected chi connectivity index (χ3v) is 3.64. The number of nitrogens with zero attached hydrogens (tertiary/aromatic N) is 1. The highest BCUT2D eigenvalue weighted by molar-refractivity contribution is 5.79. The van der Waals surface area contributed by atoms with Crippen LogP contribution in [0.5, 0.6) is 5.75 Å². The average molecular weight is 265 g/mol. The fourth-order valence-electron chi connectivity index (χ4n) is 2.24. The van der Waals surface area contributed by atoms with Crippen molar-refractivity contribution in [1.82, 2.24) is 4.90 Å². The summed E-state index contributed by atoms with van der Waals surface area (Å²) < 4.78 is 5.18. The Kier molecular flexibility index (Phi) is 4.95. The molecule has 0 fully saturated rings. The summed E-state index contributed by atoms with van der Waals surface area (Å²) in [4.78, 5) is 13.6. The molecule has 1 amide bonds. The minimum atomic E-state index is -1.18. The van der Waals surface area contributed by atoms with Crippen LogP contribution in [-0.4, -0.2) is 37.1 Å². The number of rotatable bonds is 5. The maximum absolute atomic E-state index is 12.1. The van der Waals surface area contributed by atoms with Gasteiger partial charge in [-0.15, -0.1) is 0 Å². The van der Waals surface area contributed by atoms with Crippen molar-refractivity contribution in [1.29, 1.82) is 0 Å². The van der Waals surface area contributed by atoms with Crippen molar-refractivity contribution < 1.29 is 14.6 Å². The second kappa shape index (κ2) is 6.06. The molecule has 4 heteroatoms. The topological polar surface area (TPSA) is 49.8 Å². The van der Waals surface area contributed by atoms with Crippen LogP contribution in [0.15, 0.2) is 24.3 Å². The van der Waals surface area contributed by atoms with Gasteiger partial charge in [-0.25, -0.2) is 0 Å². The van der Waals surface area contributed by atoms with E-state index in [2.05, 4.69) is 0 Å². The smallest absolute Gasteiger partial charge is 0.228 e. The molecule has 1 aromatic rings. The van der Waals surface area contributed by atoms with Crippen LogP contribution in [0.25, 0.3) is 0 Å². The van der Waals surface area contributed by atoms with Gasteiger partial charge in [0, 0.05) is 14.1 Å². The molecule has 0 aliphatic heterocycles. The largest absolute Gasteiger partial charge is 0.497 e. The molecule has 0 bridgehead atoms. The fourth-order valence-corrected chi connectivity index (χ4v) is 2.24. The first kappa shape index (κ1) is 15.5. The van der Waals surface area contributed by atoms with Crippen molar-refractivity contribution >= 4 is 5.91 Å². The summed E-state index contributed by atoms with van der Waals surface area (Å²) in [5.74, 6) is 0.0700. The zero-order valence-electron chi connectivity index (χ0n) is 12.3. The molecule has 19 heavy (non-hydrogen) atoms. The minimum Gasteiger partial charge on any atom is -0.497 e. The van der Waals surface area contributed by atoms with E-state index in [1.807, 2.05) is 25.1 Å². The summed E-state index contributed by atoms with van der Waals surface area (Å²) in [5.41, 5.74) is -0.479. The zero-order chi connectivity index (χ0) is 14.6. The molecule has 1 aromatic carbocycles. The Hall–Kier alpha value is -1.55. The van der Waals surface area contributed by atoms with Crippen LogP contribution in [0.4, 0.5) is 0 Å². The van der Waals surface area contributed by atoms with E-state index in [0.29, 0.717) is 17.7 Å². The van der Waals surface area contributed by atoms with Crippen LogP contribution in [-0.2, 0) is 10.4 Å². The standard InChI is InChI=1S/C15H23NO3/c1-6-15(18,11(2)14(17)16(3)4)12-8-7-9-13(10-12)19-5/h7-11,18H,6H2,1-5H3. The lowest BCUT2D eigenvalue weighted by Gasteiger charge is -2.34. The predicted octanol–water partition coefficient (Wildman–Crippen LogP) is 2.02. The highest BCUT2D eigenvalue weighted by atomic mass is 16.5. The lowest BCUT2D eigenvalue weighted by atomic mass is 9.79. The molecule has 106 valence electrons. The Labute approximate surface area is 115 Å². The van der Waals surface area contributed by atoms with Crippen LogP contribution in [0.2, 0.25) is 0 Å². The number of benzene rings is 1. The van der Waals surface area contributed by atoms with Crippen molar-refractivity contribution in [3.8, 4) is 5.75 Å². The van der Waals surface area contributed by atoms with Crippen molar-refractivity contribution in [3.63, 3.8) is 0 Å². The third kappa shape index (κ3) is 3.07. The lowest BCUT2D eigenvalue weighted by Crippen LogP contribution is -2.42. The van der Waals surface area contributed by atoms with Crippen LogP contribution in [0.3, 0.4) is 0 Å². The summed E-state index contributed by atoms with van der Waals surface area (Å²) in [6.45, 7) is 3.63. The van der Waals surface area contributed by atoms with Crippen LogP contribution in [0.1, 0.15) is 25.8 Å². The molecule has 4 nitrogen and oxygen atoms in total. The van der Waals surface area contributed by atoms with Crippen LogP contribution in [0, 0.1) is 5.92 Å². The van der Waals surface area contributed by atoms with Crippen molar-refractivity contribution in [2.24, 2.45) is 5.92 Å². The summed E-state index contributed by atoms with van der Waals surface area (Å²) in [6.07, 6.45) is 0.459. The number of carbonyl (C=O) groups excluding carboxylic acids is 1. The molecule has 0 saturated carbocycles. The summed E-state index contributed by atoms with van der Waals surface area (Å²) in [7, 11) is 4.97. The van der Waals surface area contributed by atoms with Crippen LogP contribution < -0.4 is 4.74 Å².